The molecule has 0 N–H and O–H groups in total. The fourth-order valence-corrected chi connectivity index (χ4v) is 2.57. The summed E-state index contributed by atoms with van der Waals surface area (Å²) in [5.41, 5.74) is 3.37. The first kappa shape index (κ1) is 10.8. The molecule has 1 rings (SSSR count). The second-order valence-electron chi connectivity index (χ2n) is 5.10. The summed E-state index contributed by atoms with van der Waals surface area (Å²) in [6.45, 7) is 9.26. The lowest BCUT2D eigenvalue weighted by molar-refractivity contribution is 0.376. The highest BCUT2D eigenvalue weighted by Crippen LogP contribution is 2.35. The van der Waals surface area contributed by atoms with Gasteiger partial charge in [0.05, 0.1) is 0 Å². The maximum Gasteiger partial charge on any atom is -0.0198 e. The van der Waals surface area contributed by atoms with Gasteiger partial charge >= 0.3 is 0 Å². The van der Waals surface area contributed by atoms with Crippen LogP contribution in [0.4, 0.5) is 0 Å². The van der Waals surface area contributed by atoms with Crippen LogP contribution in [0.1, 0.15) is 59.8 Å². The van der Waals surface area contributed by atoms with Crippen molar-refractivity contribution in [2.24, 2.45) is 11.8 Å². The minimum Gasteiger partial charge on any atom is -0.0770 e. The Balaban J connectivity index is 2.63. The molecule has 0 aromatic carbocycles. The summed E-state index contributed by atoms with van der Waals surface area (Å²) in [7, 11) is 0. The molecule has 0 saturated heterocycles. The fraction of sp³-hybridized carbons (Fsp3) is 0.846. The van der Waals surface area contributed by atoms with Crippen LogP contribution in [0.25, 0.3) is 0 Å². The molecule has 0 aromatic heterocycles. The lowest BCUT2D eigenvalue weighted by atomic mass is 9.78. The van der Waals surface area contributed by atoms with Gasteiger partial charge in [-0.25, -0.2) is 0 Å². The molecule has 0 aromatic rings. The van der Waals surface area contributed by atoms with Crippen molar-refractivity contribution in [2.75, 3.05) is 0 Å². The lowest BCUT2D eigenvalue weighted by Crippen LogP contribution is -2.13. The van der Waals surface area contributed by atoms with Crippen LogP contribution in [0.3, 0.4) is 0 Å². The van der Waals surface area contributed by atoms with Crippen molar-refractivity contribution in [3.05, 3.63) is 11.1 Å². The summed E-state index contributed by atoms with van der Waals surface area (Å²) >= 11 is 0. The molecule has 13 heavy (non-hydrogen) atoms. The van der Waals surface area contributed by atoms with Crippen LogP contribution in [0.5, 0.6) is 0 Å². The summed E-state index contributed by atoms with van der Waals surface area (Å²) in [6.07, 6.45) is 7.10. The van der Waals surface area contributed by atoms with Crippen molar-refractivity contribution in [1.29, 1.82) is 0 Å². The van der Waals surface area contributed by atoms with Gasteiger partial charge in [-0.1, -0.05) is 31.4 Å². The Kier molecular flexibility index (Phi) is 4.02. The van der Waals surface area contributed by atoms with Gasteiger partial charge in [0.1, 0.15) is 0 Å². The van der Waals surface area contributed by atoms with Gasteiger partial charge in [0, 0.05) is 0 Å². The van der Waals surface area contributed by atoms with E-state index in [0.717, 1.165) is 11.8 Å². The quantitative estimate of drug-likeness (QED) is 0.546. The van der Waals surface area contributed by atoms with E-state index in [0.29, 0.717) is 0 Å². The molecule has 1 atom stereocenters. The molecular weight excluding hydrogens is 156 g/mol. The van der Waals surface area contributed by atoms with Crippen LogP contribution < -0.4 is 0 Å². The van der Waals surface area contributed by atoms with Crippen molar-refractivity contribution >= 4 is 0 Å². The van der Waals surface area contributed by atoms with Crippen molar-refractivity contribution in [3.63, 3.8) is 0 Å². The monoisotopic (exact) mass is 180 g/mol. The van der Waals surface area contributed by atoms with Gasteiger partial charge in [-0.3, -0.25) is 0 Å². The Bertz CT molecular complexity index is 182. The molecule has 0 nitrogen and oxygen atoms in total. The Hall–Kier alpha value is -0.260. The molecule has 1 fully saturated rings. The molecule has 1 aliphatic carbocycles. The molecule has 0 radical (unpaired) electrons. The molecule has 0 heteroatoms. The predicted molar refractivity (Wildman–Crippen MR) is 59.8 cm³/mol. The third kappa shape index (κ3) is 3.17. The highest BCUT2D eigenvalue weighted by atomic mass is 14.3. The van der Waals surface area contributed by atoms with E-state index in [2.05, 4.69) is 27.7 Å². The van der Waals surface area contributed by atoms with Crippen molar-refractivity contribution < 1.29 is 0 Å². The Morgan fingerprint density at radius 2 is 2.00 bits per heavy atom. The third-order valence-electron chi connectivity index (χ3n) is 3.14. The van der Waals surface area contributed by atoms with E-state index in [1.807, 2.05) is 0 Å². The van der Waals surface area contributed by atoms with Gasteiger partial charge in [0.15, 0.2) is 0 Å². The van der Waals surface area contributed by atoms with E-state index in [1.54, 1.807) is 11.1 Å². The van der Waals surface area contributed by atoms with Crippen LogP contribution in [-0.4, -0.2) is 0 Å². The average Bonchev–Trinajstić information content (AvgIpc) is 2.03. The Morgan fingerprint density at radius 3 is 2.54 bits per heavy atom. The first-order chi connectivity index (χ1) is 6.11. The average molecular weight is 180 g/mol. The molecular formula is C13H24. The summed E-state index contributed by atoms with van der Waals surface area (Å²) in [5, 5.41) is 0. The highest BCUT2D eigenvalue weighted by Gasteiger charge is 2.20. The van der Waals surface area contributed by atoms with Gasteiger partial charge in [0.25, 0.3) is 0 Å². The maximum absolute atomic E-state index is 2.34. The standard InChI is InChI=1S/C13H24/c1-10(2)9-12-7-5-6-8-13(12)11(3)4/h10,12H,5-9H2,1-4H3. The Labute approximate surface area is 83.4 Å². The van der Waals surface area contributed by atoms with Crippen molar-refractivity contribution in [1.82, 2.24) is 0 Å². The van der Waals surface area contributed by atoms with Gasteiger partial charge in [0.2, 0.25) is 0 Å². The molecule has 1 unspecified atom stereocenters. The molecule has 0 heterocycles. The fourth-order valence-electron chi connectivity index (χ4n) is 2.57. The summed E-state index contributed by atoms with van der Waals surface area (Å²) in [5.74, 6) is 1.77. The number of hydrogen-bond donors (Lipinski definition) is 0. The maximum atomic E-state index is 2.34. The van der Waals surface area contributed by atoms with E-state index in [-0.39, 0.29) is 0 Å². The topological polar surface area (TPSA) is 0 Å². The number of hydrogen-bond acceptors (Lipinski definition) is 0. The van der Waals surface area contributed by atoms with E-state index in [9.17, 15) is 0 Å². The largest absolute Gasteiger partial charge is 0.0770 e. The smallest absolute Gasteiger partial charge is 0.0198 e. The van der Waals surface area contributed by atoms with Crippen LogP contribution in [0.15, 0.2) is 11.1 Å². The molecule has 1 saturated carbocycles. The SMILES string of the molecule is CC(C)=C1CCCCC1CC(C)C. The first-order valence-electron chi connectivity index (χ1n) is 5.77. The van der Waals surface area contributed by atoms with Gasteiger partial charge < -0.3 is 0 Å². The Morgan fingerprint density at radius 1 is 1.31 bits per heavy atom. The van der Waals surface area contributed by atoms with E-state index >= 15 is 0 Å². The van der Waals surface area contributed by atoms with E-state index in [4.69, 9.17) is 0 Å². The summed E-state index contributed by atoms with van der Waals surface area (Å²) < 4.78 is 0. The molecule has 76 valence electrons. The van der Waals surface area contributed by atoms with Gasteiger partial charge in [-0.2, -0.15) is 0 Å². The van der Waals surface area contributed by atoms with Crippen molar-refractivity contribution in [3.8, 4) is 0 Å². The second kappa shape index (κ2) is 4.83. The van der Waals surface area contributed by atoms with Crippen molar-refractivity contribution in [2.45, 2.75) is 59.8 Å². The van der Waals surface area contributed by atoms with Crippen LogP contribution >= 0.6 is 0 Å². The molecule has 0 amide bonds. The minimum atomic E-state index is 0.859. The van der Waals surface area contributed by atoms with E-state index in [1.165, 1.54) is 32.1 Å². The molecule has 1 aliphatic rings. The summed E-state index contributed by atoms with van der Waals surface area (Å²) in [6, 6.07) is 0. The number of rotatable bonds is 2. The number of allylic oxidation sites excluding steroid dienone is 2. The third-order valence-corrected chi connectivity index (χ3v) is 3.14. The molecule has 0 aliphatic heterocycles. The normalized spacial score (nSPS) is 23.8. The zero-order valence-electron chi connectivity index (χ0n) is 9.69. The van der Waals surface area contributed by atoms with Crippen LogP contribution in [0, 0.1) is 11.8 Å². The van der Waals surface area contributed by atoms with E-state index < -0.39 is 0 Å². The minimum absolute atomic E-state index is 0.859. The van der Waals surface area contributed by atoms with Crippen LogP contribution in [0.2, 0.25) is 0 Å². The first-order valence-corrected chi connectivity index (χ1v) is 5.77. The van der Waals surface area contributed by atoms with Gasteiger partial charge in [-0.15, -0.1) is 0 Å². The zero-order chi connectivity index (χ0) is 9.84. The lowest BCUT2D eigenvalue weighted by Gasteiger charge is -2.28. The zero-order valence-corrected chi connectivity index (χ0v) is 9.69. The highest BCUT2D eigenvalue weighted by molar-refractivity contribution is 5.15. The van der Waals surface area contributed by atoms with Crippen LogP contribution in [-0.2, 0) is 0 Å². The predicted octanol–water partition coefficient (Wildman–Crippen LogP) is 4.56. The van der Waals surface area contributed by atoms with Gasteiger partial charge in [-0.05, 0) is 51.4 Å². The second-order valence-corrected chi connectivity index (χ2v) is 5.10. The summed E-state index contributed by atoms with van der Waals surface area (Å²) in [4.78, 5) is 0. The molecule has 0 spiro atoms. The molecule has 0 bridgehead atoms.